The Bertz CT molecular complexity index is 592. The second kappa shape index (κ2) is 7.63. The Morgan fingerprint density at radius 1 is 1.05 bits per heavy atom. The summed E-state index contributed by atoms with van der Waals surface area (Å²) in [5.74, 6) is 0. The fourth-order valence-electron chi connectivity index (χ4n) is 2.56. The van der Waals surface area contributed by atoms with Crippen LogP contribution in [0.25, 0.3) is 0 Å². The van der Waals surface area contributed by atoms with Gasteiger partial charge in [-0.05, 0) is 54.6 Å². The third-order valence-electron chi connectivity index (χ3n) is 3.81. The number of hydrogen-bond acceptors (Lipinski definition) is 1. The zero-order valence-electron chi connectivity index (χ0n) is 13.1. The highest BCUT2D eigenvalue weighted by Crippen LogP contribution is 2.26. The van der Waals surface area contributed by atoms with E-state index in [9.17, 15) is 0 Å². The van der Waals surface area contributed by atoms with Crippen LogP contribution in [0.3, 0.4) is 0 Å². The Labute approximate surface area is 133 Å². The van der Waals surface area contributed by atoms with Crippen molar-refractivity contribution in [1.82, 2.24) is 5.32 Å². The molecule has 2 aromatic rings. The second-order valence-electron chi connectivity index (χ2n) is 5.49. The van der Waals surface area contributed by atoms with Crippen molar-refractivity contribution in [2.24, 2.45) is 0 Å². The number of hydrogen-bond donors (Lipinski definition) is 1. The molecular formula is C19H24ClN. The summed E-state index contributed by atoms with van der Waals surface area (Å²) in [6.45, 7) is 7.45. The molecule has 1 atom stereocenters. The van der Waals surface area contributed by atoms with Gasteiger partial charge in [-0.2, -0.15) is 0 Å². The standard InChI is InChI=1S/C19H24ClN/c1-4-11-21-19(16-8-6-7-15(5-2)13-16)17-9-10-18(20)14(3)12-17/h6-10,12-13,19,21H,4-5,11H2,1-3H3. The Morgan fingerprint density at radius 2 is 1.81 bits per heavy atom. The van der Waals surface area contributed by atoms with Gasteiger partial charge in [0.2, 0.25) is 0 Å². The van der Waals surface area contributed by atoms with Crippen molar-refractivity contribution in [3.05, 3.63) is 69.7 Å². The minimum absolute atomic E-state index is 0.229. The van der Waals surface area contributed by atoms with Gasteiger partial charge in [0, 0.05) is 5.02 Å². The number of aryl methyl sites for hydroxylation is 2. The summed E-state index contributed by atoms with van der Waals surface area (Å²) in [4.78, 5) is 0. The van der Waals surface area contributed by atoms with E-state index in [1.807, 2.05) is 6.07 Å². The molecule has 0 spiro atoms. The average Bonchev–Trinajstić information content (AvgIpc) is 2.51. The van der Waals surface area contributed by atoms with Gasteiger partial charge in [-0.25, -0.2) is 0 Å². The molecule has 0 aromatic heterocycles. The van der Waals surface area contributed by atoms with Crippen molar-refractivity contribution in [3.63, 3.8) is 0 Å². The predicted octanol–water partition coefficient (Wildman–Crippen LogP) is 5.30. The lowest BCUT2D eigenvalue weighted by molar-refractivity contribution is 0.598. The van der Waals surface area contributed by atoms with Gasteiger partial charge in [0.15, 0.2) is 0 Å². The van der Waals surface area contributed by atoms with Crippen LogP contribution in [-0.2, 0) is 6.42 Å². The molecule has 0 aliphatic rings. The number of nitrogens with one attached hydrogen (secondary N) is 1. The van der Waals surface area contributed by atoms with Crippen molar-refractivity contribution in [3.8, 4) is 0 Å². The molecule has 21 heavy (non-hydrogen) atoms. The molecule has 1 nitrogen and oxygen atoms in total. The van der Waals surface area contributed by atoms with Crippen LogP contribution in [0.1, 0.15) is 48.6 Å². The first-order chi connectivity index (χ1) is 10.2. The highest BCUT2D eigenvalue weighted by Gasteiger charge is 2.14. The summed E-state index contributed by atoms with van der Waals surface area (Å²) in [5, 5.41) is 4.49. The fraction of sp³-hybridized carbons (Fsp3) is 0.368. The fourth-order valence-corrected chi connectivity index (χ4v) is 2.67. The quantitative estimate of drug-likeness (QED) is 0.763. The lowest BCUT2D eigenvalue weighted by atomic mass is 9.95. The van der Waals surface area contributed by atoms with Gasteiger partial charge in [0.1, 0.15) is 0 Å². The minimum atomic E-state index is 0.229. The third-order valence-corrected chi connectivity index (χ3v) is 4.23. The molecule has 0 aliphatic heterocycles. The van der Waals surface area contributed by atoms with Crippen LogP contribution < -0.4 is 5.32 Å². The van der Waals surface area contributed by atoms with Crippen molar-refractivity contribution < 1.29 is 0 Å². The molecule has 2 aromatic carbocycles. The van der Waals surface area contributed by atoms with Crippen LogP contribution in [0.15, 0.2) is 42.5 Å². The van der Waals surface area contributed by atoms with E-state index in [0.717, 1.165) is 30.0 Å². The molecular weight excluding hydrogens is 278 g/mol. The van der Waals surface area contributed by atoms with Crippen molar-refractivity contribution >= 4 is 11.6 Å². The van der Waals surface area contributed by atoms with Crippen LogP contribution in [0.5, 0.6) is 0 Å². The Hall–Kier alpha value is -1.31. The Morgan fingerprint density at radius 3 is 2.48 bits per heavy atom. The number of halogens is 1. The summed E-state index contributed by atoms with van der Waals surface area (Å²) in [5.41, 5.74) is 5.11. The Kier molecular flexibility index (Phi) is 5.84. The summed E-state index contributed by atoms with van der Waals surface area (Å²) in [7, 11) is 0. The molecule has 0 saturated carbocycles. The van der Waals surface area contributed by atoms with Gasteiger partial charge in [0.05, 0.1) is 6.04 Å². The van der Waals surface area contributed by atoms with Gasteiger partial charge < -0.3 is 5.32 Å². The largest absolute Gasteiger partial charge is 0.306 e. The summed E-state index contributed by atoms with van der Waals surface area (Å²) >= 11 is 6.16. The molecule has 0 saturated heterocycles. The van der Waals surface area contributed by atoms with E-state index < -0.39 is 0 Å². The van der Waals surface area contributed by atoms with E-state index >= 15 is 0 Å². The number of benzene rings is 2. The molecule has 0 amide bonds. The Balaban J connectivity index is 2.38. The van der Waals surface area contributed by atoms with Gasteiger partial charge in [-0.1, -0.05) is 61.8 Å². The molecule has 1 unspecified atom stereocenters. The third kappa shape index (κ3) is 4.09. The molecule has 112 valence electrons. The van der Waals surface area contributed by atoms with E-state index in [2.05, 4.69) is 62.5 Å². The zero-order valence-corrected chi connectivity index (χ0v) is 13.9. The molecule has 1 N–H and O–H groups in total. The molecule has 0 fully saturated rings. The smallest absolute Gasteiger partial charge is 0.0576 e. The highest BCUT2D eigenvalue weighted by molar-refractivity contribution is 6.31. The first kappa shape index (κ1) is 16.1. The minimum Gasteiger partial charge on any atom is -0.306 e. The average molecular weight is 302 g/mol. The lowest BCUT2D eigenvalue weighted by Crippen LogP contribution is -2.23. The van der Waals surface area contributed by atoms with Gasteiger partial charge >= 0.3 is 0 Å². The van der Waals surface area contributed by atoms with E-state index in [-0.39, 0.29) is 6.04 Å². The first-order valence-corrected chi connectivity index (χ1v) is 8.11. The van der Waals surface area contributed by atoms with Crippen LogP contribution in [-0.4, -0.2) is 6.54 Å². The zero-order chi connectivity index (χ0) is 15.2. The van der Waals surface area contributed by atoms with Gasteiger partial charge in [-0.3, -0.25) is 0 Å². The van der Waals surface area contributed by atoms with Crippen LogP contribution in [0, 0.1) is 6.92 Å². The van der Waals surface area contributed by atoms with Crippen LogP contribution in [0.2, 0.25) is 5.02 Å². The van der Waals surface area contributed by atoms with Crippen molar-refractivity contribution in [1.29, 1.82) is 0 Å². The maximum absolute atomic E-state index is 6.16. The molecule has 0 aliphatic carbocycles. The monoisotopic (exact) mass is 301 g/mol. The van der Waals surface area contributed by atoms with Crippen molar-refractivity contribution in [2.75, 3.05) is 6.54 Å². The first-order valence-electron chi connectivity index (χ1n) is 7.74. The van der Waals surface area contributed by atoms with E-state index in [1.54, 1.807) is 0 Å². The molecule has 2 heteroatoms. The normalized spacial score (nSPS) is 12.4. The second-order valence-corrected chi connectivity index (χ2v) is 5.90. The molecule has 0 bridgehead atoms. The van der Waals surface area contributed by atoms with Crippen LogP contribution in [0.4, 0.5) is 0 Å². The predicted molar refractivity (Wildman–Crippen MR) is 92.1 cm³/mol. The number of rotatable bonds is 6. The molecule has 0 radical (unpaired) electrons. The maximum Gasteiger partial charge on any atom is 0.0576 e. The van der Waals surface area contributed by atoms with E-state index in [4.69, 9.17) is 11.6 Å². The lowest BCUT2D eigenvalue weighted by Gasteiger charge is -2.21. The summed E-state index contributed by atoms with van der Waals surface area (Å²) < 4.78 is 0. The van der Waals surface area contributed by atoms with E-state index in [1.165, 1.54) is 16.7 Å². The topological polar surface area (TPSA) is 12.0 Å². The van der Waals surface area contributed by atoms with Gasteiger partial charge in [0.25, 0.3) is 0 Å². The van der Waals surface area contributed by atoms with E-state index in [0.29, 0.717) is 0 Å². The summed E-state index contributed by atoms with van der Waals surface area (Å²) in [6, 6.07) is 15.4. The maximum atomic E-state index is 6.16. The summed E-state index contributed by atoms with van der Waals surface area (Å²) in [6.07, 6.45) is 2.19. The SMILES string of the molecule is CCCNC(c1cccc(CC)c1)c1ccc(Cl)c(C)c1. The highest BCUT2D eigenvalue weighted by atomic mass is 35.5. The van der Waals surface area contributed by atoms with Gasteiger partial charge in [-0.15, -0.1) is 0 Å². The van der Waals surface area contributed by atoms with Crippen LogP contribution >= 0.6 is 11.6 Å². The molecule has 2 rings (SSSR count). The van der Waals surface area contributed by atoms with Crippen molar-refractivity contribution in [2.45, 2.75) is 39.7 Å². The molecule has 0 heterocycles.